The second-order valence-corrected chi connectivity index (χ2v) is 12.0. The van der Waals surface area contributed by atoms with Gasteiger partial charge in [-0.1, -0.05) is 47.0 Å². The molecule has 0 aliphatic carbocycles. The maximum atomic E-state index is 13.9. The number of benzene rings is 3. The minimum absolute atomic E-state index is 0.137. The van der Waals surface area contributed by atoms with E-state index in [2.05, 4.69) is 5.32 Å². The first-order valence-electron chi connectivity index (χ1n) is 12.2. The van der Waals surface area contributed by atoms with Gasteiger partial charge in [-0.15, -0.1) is 0 Å². The highest BCUT2D eigenvalue weighted by Gasteiger charge is 2.33. The molecule has 11 heteroatoms. The molecule has 0 bridgehead atoms. The Hall–Kier alpha value is -3.14. The molecule has 0 unspecified atom stereocenters. The van der Waals surface area contributed by atoms with Crippen LogP contribution in [0, 0.1) is 12.7 Å². The summed E-state index contributed by atoms with van der Waals surface area (Å²) in [5.74, 6) is -1.69. The van der Waals surface area contributed by atoms with Crippen molar-refractivity contribution in [2.24, 2.45) is 0 Å². The van der Waals surface area contributed by atoms with Gasteiger partial charge in [-0.25, -0.2) is 12.8 Å². The van der Waals surface area contributed by atoms with Crippen LogP contribution >= 0.6 is 23.2 Å². The summed E-state index contributed by atoms with van der Waals surface area (Å²) in [6.07, 6.45) is 0. The number of hydrogen-bond donors (Lipinski definition) is 1. The normalized spacial score (nSPS) is 12.2. The van der Waals surface area contributed by atoms with E-state index in [1.165, 1.54) is 4.90 Å². The molecule has 1 atom stereocenters. The van der Waals surface area contributed by atoms with Gasteiger partial charge in [0.1, 0.15) is 18.4 Å². The van der Waals surface area contributed by atoms with Gasteiger partial charge < -0.3 is 10.2 Å². The third kappa shape index (κ3) is 7.50. The highest BCUT2D eigenvalue weighted by molar-refractivity contribution is 7.92. The number of carbonyl (C=O) groups is 2. The molecule has 0 aliphatic heterocycles. The van der Waals surface area contributed by atoms with E-state index in [1.54, 1.807) is 63.2 Å². The first-order chi connectivity index (χ1) is 18.3. The van der Waals surface area contributed by atoms with E-state index < -0.39 is 40.2 Å². The summed E-state index contributed by atoms with van der Waals surface area (Å²) in [6, 6.07) is 14.6. The Balaban J connectivity index is 2.06. The number of carbonyl (C=O) groups excluding carboxylic acids is 2. The van der Waals surface area contributed by atoms with Gasteiger partial charge in [0.15, 0.2) is 0 Å². The molecule has 0 saturated carbocycles. The molecule has 0 aromatic heterocycles. The number of rotatable bonds is 10. The highest BCUT2D eigenvalue weighted by atomic mass is 35.5. The van der Waals surface area contributed by atoms with Gasteiger partial charge in [-0.05, 0) is 76.2 Å². The van der Waals surface area contributed by atoms with E-state index in [9.17, 15) is 22.4 Å². The SMILES string of the molecule is Cc1ccc(N(CC(=O)N(Cc2c(Cl)cccc2Cl)[C@@H](C)C(=O)NC(C)C)S(=O)(=O)c2ccc(F)cc2)cc1. The average molecular weight is 595 g/mol. The van der Waals surface area contributed by atoms with Crippen molar-refractivity contribution in [1.29, 1.82) is 0 Å². The van der Waals surface area contributed by atoms with Crippen LogP contribution in [-0.2, 0) is 26.2 Å². The van der Waals surface area contributed by atoms with Crippen LogP contribution in [0.15, 0.2) is 71.6 Å². The van der Waals surface area contributed by atoms with Crippen molar-refractivity contribution < 1.29 is 22.4 Å². The summed E-state index contributed by atoms with van der Waals surface area (Å²) in [4.78, 5) is 27.9. The Kier molecular flexibility index (Phi) is 9.98. The third-order valence-corrected chi connectivity index (χ3v) is 8.49. The van der Waals surface area contributed by atoms with Crippen LogP contribution in [0.5, 0.6) is 0 Å². The van der Waals surface area contributed by atoms with Gasteiger partial charge >= 0.3 is 0 Å². The first-order valence-corrected chi connectivity index (χ1v) is 14.4. The Morgan fingerprint density at radius 3 is 2.03 bits per heavy atom. The van der Waals surface area contributed by atoms with Crippen molar-refractivity contribution in [3.63, 3.8) is 0 Å². The van der Waals surface area contributed by atoms with E-state index in [4.69, 9.17) is 23.2 Å². The second kappa shape index (κ2) is 12.8. The van der Waals surface area contributed by atoms with Crippen molar-refractivity contribution >= 4 is 50.7 Å². The number of sulfonamides is 1. The average Bonchev–Trinajstić information content (AvgIpc) is 2.87. The van der Waals surface area contributed by atoms with E-state index in [0.29, 0.717) is 15.6 Å². The minimum Gasteiger partial charge on any atom is -0.352 e. The zero-order chi connectivity index (χ0) is 28.9. The predicted molar refractivity (Wildman–Crippen MR) is 152 cm³/mol. The van der Waals surface area contributed by atoms with Crippen LogP contribution in [0.2, 0.25) is 10.0 Å². The van der Waals surface area contributed by atoms with Gasteiger partial charge in [0.25, 0.3) is 10.0 Å². The molecule has 0 heterocycles. The molecular weight excluding hydrogens is 564 g/mol. The quantitative estimate of drug-likeness (QED) is 0.332. The summed E-state index contributed by atoms with van der Waals surface area (Å²) < 4.78 is 41.9. The van der Waals surface area contributed by atoms with E-state index in [1.807, 2.05) is 6.92 Å². The van der Waals surface area contributed by atoms with E-state index in [-0.39, 0.29) is 23.2 Å². The van der Waals surface area contributed by atoms with Crippen LogP contribution in [0.4, 0.5) is 10.1 Å². The monoisotopic (exact) mass is 593 g/mol. The first kappa shape index (κ1) is 30.4. The fourth-order valence-electron chi connectivity index (χ4n) is 3.82. The van der Waals surface area contributed by atoms with Crippen LogP contribution in [0.1, 0.15) is 31.9 Å². The van der Waals surface area contributed by atoms with Crippen molar-refractivity contribution in [3.05, 3.63) is 93.7 Å². The lowest BCUT2D eigenvalue weighted by atomic mass is 10.1. The number of aryl methyl sites for hydroxylation is 1. The van der Waals surface area contributed by atoms with E-state index in [0.717, 1.165) is 34.1 Å². The molecule has 3 rings (SSSR count). The summed E-state index contributed by atoms with van der Waals surface area (Å²) >= 11 is 12.7. The predicted octanol–water partition coefficient (Wildman–Crippen LogP) is 5.58. The van der Waals surface area contributed by atoms with E-state index >= 15 is 0 Å². The summed E-state index contributed by atoms with van der Waals surface area (Å²) in [5, 5.41) is 3.37. The molecule has 2 amide bonds. The Bertz CT molecular complexity index is 1410. The van der Waals surface area contributed by atoms with Gasteiger partial charge in [-0.3, -0.25) is 13.9 Å². The largest absolute Gasteiger partial charge is 0.352 e. The molecule has 7 nitrogen and oxygen atoms in total. The molecule has 0 fully saturated rings. The molecule has 0 spiro atoms. The topological polar surface area (TPSA) is 86.8 Å². The van der Waals surface area contributed by atoms with Gasteiger partial charge in [0.05, 0.1) is 10.6 Å². The molecule has 3 aromatic rings. The van der Waals surface area contributed by atoms with Crippen molar-refractivity contribution in [3.8, 4) is 0 Å². The molecule has 0 aliphatic rings. The number of halogens is 3. The molecule has 3 aromatic carbocycles. The van der Waals surface area contributed by atoms with Crippen LogP contribution in [-0.4, -0.2) is 43.8 Å². The standard InChI is InChI=1S/C28H30Cl2FN3O4S/c1-18(2)32-28(36)20(4)33(16-24-25(29)6-5-7-26(24)30)27(35)17-34(22-12-8-19(3)9-13-22)39(37,38)23-14-10-21(31)11-15-23/h5-15,18,20H,16-17H2,1-4H3,(H,32,36)/t20-/m0/s1. The molecule has 0 saturated heterocycles. The minimum atomic E-state index is -4.30. The Labute approximate surface area is 238 Å². The smallest absolute Gasteiger partial charge is 0.264 e. The highest BCUT2D eigenvalue weighted by Crippen LogP contribution is 2.28. The molecule has 208 valence electrons. The fourth-order valence-corrected chi connectivity index (χ4v) is 5.75. The third-order valence-electron chi connectivity index (χ3n) is 5.99. The number of nitrogens with zero attached hydrogens (tertiary/aromatic N) is 2. The molecule has 1 N–H and O–H groups in total. The maximum Gasteiger partial charge on any atom is 0.264 e. The summed E-state index contributed by atoms with van der Waals surface area (Å²) in [5.41, 5.74) is 1.54. The summed E-state index contributed by atoms with van der Waals surface area (Å²) in [7, 11) is -4.30. The molecule has 0 radical (unpaired) electrons. The van der Waals surface area contributed by atoms with Crippen molar-refractivity contribution in [1.82, 2.24) is 10.2 Å². The Morgan fingerprint density at radius 1 is 0.923 bits per heavy atom. The Morgan fingerprint density at radius 2 is 1.49 bits per heavy atom. The number of anilines is 1. The van der Waals surface area contributed by atoms with Crippen LogP contribution < -0.4 is 9.62 Å². The zero-order valence-corrected chi connectivity index (χ0v) is 24.3. The number of hydrogen-bond acceptors (Lipinski definition) is 4. The van der Waals surface area contributed by atoms with Gasteiger partial charge in [-0.2, -0.15) is 0 Å². The van der Waals surface area contributed by atoms with Gasteiger partial charge in [0.2, 0.25) is 11.8 Å². The molecule has 39 heavy (non-hydrogen) atoms. The van der Waals surface area contributed by atoms with Crippen LogP contribution in [0.3, 0.4) is 0 Å². The zero-order valence-electron chi connectivity index (χ0n) is 22.0. The fraction of sp³-hybridized carbons (Fsp3) is 0.286. The molecular formula is C28H30Cl2FN3O4S. The lowest BCUT2D eigenvalue weighted by Crippen LogP contribution is -2.52. The van der Waals surface area contributed by atoms with Crippen LogP contribution in [0.25, 0.3) is 0 Å². The summed E-state index contributed by atoms with van der Waals surface area (Å²) in [6.45, 7) is 6.20. The number of amides is 2. The second-order valence-electron chi connectivity index (χ2n) is 9.36. The lowest BCUT2D eigenvalue weighted by Gasteiger charge is -2.32. The number of nitrogens with one attached hydrogen (secondary N) is 1. The lowest BCUT2D eigenvalue weighted by molar-refractivity contribution is -0.139. The van der Waals surface area contributed by atoms with Crippen molar-refractivity contribution in [2.45, 2.75) is 51.2 Å². The van der Waals surface area contributed by atoms with Crippen molar-refractivity contribution in [2.75, 3.05) is 10.8 Å². The maximum absolute atomic E-state index is 13.9. The van der Waals surface area contributed by atoms with Gasteiger partial charge in [0, 0.05) is 28.2 Å².